The minimum Gasteiger partial charge on any atom is -0.309 e. The third-order valence-electron chi connectivity index (χ3n) is 12.6. The van der Waals surface area contributed by atoms with Crippen LogP contribution in [0.15, 0.2) is 218 Å². The van der Waals surface area contributed by atoms with Crippen molar-refractivity contribution in [1.82, 2.24) is 19.1 Å². The van der Waals surface area contributed by atoms with Crippen molar-refractivity contribution < 1.29 is 0 Å². The van der Waals surface area contributed by atoms with E-state index in [2.05, 4.69) is 215 Å². The van der Waals surface area contributed by atoms with E-state index in [-0.39, 0.29) is 0 Å². The largest absolute Gasteiger partial charge is 0.309 e. The average molecular weight is 789 g/mol. The minimum atomic E-state index is 0.801. The van der Waals surface area contributed by atoms with E-state index in [0.29, 0.717) is 0 Å². The van der Waals surface area contributed by atoms with Crippen LogP contribution < -0.4 is 0 Å². The number of hydrogen-bond acceptors (Lipinski definition) is 2. The molecule has 3 aromatic heterocycles. The molecule has 0 unspecified atom stereocenters. The number of nitrogens with zero attached hydrogens (tertiary/aromatic N) is 4. The SMILES string of the molecule is c1ccc(-c2ccc3cc(-c4nc5ccccc5nc4-n4c5cc(-c6cccc7c6c6ccccc6n7-c6ccccc6)ccc5c5cc6ccccc6cc54)ccc3c2)cc1. The third kappa shape index (κ3) is 5.33. The van der Waals surface area contributed by atoms with E-state index in [1.54, 1.807) is 0 Å². The Kier molecular flexibility index (Phi) is 7.57. The second-order valence-corrected chi connectivity index (χ2v) is 16.2. The lowest BCUT2D eigenvalue weighted by molar-refractivity contribution is 1.08. The van der Waals surface area contributed by atoms with E-state index >= 15 is 0 Å². The molecule has 4 heteroatoms. The molecular formula is C58H36N4. The first kappa shape index (κ1) is 34.5. The van der Waals surface area contributed by atoms with Gasteiger partial charge < -0.3 is 4.57 Å². The van der Waals surface area contributed by atoms with Gasteiger partial charge in [0, 0.05) is 32.8 Å². The van der Waals surface area contributed by atoms with Crippen LogP contribution in [0, 0.1) is 0 Å². The van der Waals surface area contributed by atoms with Crippen molar-refractivity contribution in [2.45, 2.75) is 0 Å². The van der Waals surface area contributed by atoms with Gasteiger partial charge in [0.1, 0.15) is 5.69 Å². The first-order valence-electron chi connectivity index (χ1n) is 21.2. The van der Waals surface area contributed by atoms with E-state index in [1.165, 1.54) is 65.4 Å². The number of hydrogen-bond donors (Lipinski definition) is 0. The van der Waals surface area contributed by atoms with E-state index < -0.39 is 0 Å². The molecule has 0 aliphatic rings. The Balaban J connectivity index is 1.09. The normalized spacial score (nSPS) is 11.9. The Bertz CT molecular complexity index is 3920. The highest BCUT2D eigenvalue weighted by molar-refractivity contribution is 6.18. The maximum absolute atomic E-state index is 5.54. The van der Waals surface area contributed by atoms with Crippen LogP contribution in [0.3, 0.4) is 0 Å². The van der Waals surface area contributed by atoms with Gasteiger partial charge in [-0.2, -0.15) is 0 Å². The van der Waals surface area contributed by atoms with E-state index in [0.717, 1.165) is 55.8 Å². The molecular weight excluding hydrogens is 753 g/mol. The molecule has 3 heterocycles. The van der Waals surface area contributed by atoms with Crippen LogP contribution in [-0.4, -0.2) is 19.1 Å². The number of aromatic nitrogens is 4. The van der Waals surface area contributed by atoms with Crippen LogP contribution in [0.1, 0.15) is 0 Å². The lowest BCUT2D eigenvalue weighted by Crippen LogP contribution is -2.04. The molecule has 0 saturated carbocycles. The van der Waals surface area contributed by atoms with Gasteiger partial charge in [0.05, 0.1) is 33.1 Å². The molecule has 62 heavy (non-hydrogen) atoms. The molecule has 0 bridgehead atoms. The summed E-state index contributed by atoms with van der Waals surface area (Å²) < 4.78 is 4.75. The summed E-state index contributed by atoms with van der Waals surface area (Å²) in [4.78, 5) is 11.0. The van der Waals surface area contributed by atoms with Crippen molar-refractivity contribution in [2.24, 2.45) is 0 Å². The summed E-state index contributed by atoms with van der Waals surface area (Å²) in [6.07, 6.45) is 0. The fourth-order valence-electron chi connectivity index (χ4n) is 9.76. The third-order valence-corrected chi connectivity index (χ3v) is 12.6. The molecule has 288 valence electrons. The van der Waals surface area contributed by atoms with Gasteiger partial charge in [0.15, 0.2) is 5.82 Å². The monoisotopic (exact) mass is 788 g/mol. The molecule has 13 rings (SSSR count). The van der Waals surface area contributed by atoms with Gasteiger partial charge in [-0.3, -0.25) is 4.57 Å². The predicted octanol–water partition coefficient (Wildman–Crippen LogP) is 15.1. The fraction of sp³-hybridized carbons (Fsp3) is 0. The zero-order valence-corrected chi connectivity index (χ0v) is 33.6. The van der Waals surface area contributed by atoms with Crippen molar-refractivity contribution in [3.8, 4) is 45.0 Å². The van der Waals surface area contributed by atoms with Crippen molar-refractivity contribution in [3.05, 3.63) is 218 Å². The second kappa shape index (κ2) is 13.6. The summed E-state index contributed by atoms with van der Waals surface area (Å²) in [7, 11) is 0. The number of benzene rings is 10. The number of rotatable bonds is 5. The average Bonchev–Trinajstić information content (AvgIpc) is 3.85. The van der Waals surface area contributed by atoms with Crippen LogP contribution in [0.2, 0.25) is 0 Å². The van der Waals surface area contributed by atoms with Crippen LogP contribution >= 0.6 is 0 Å². The van der Waals surface area contributed by atoms with Gasteiger partial charge in [0.25, 0.3) is 0 Å². The number of para-hydroxylation sites is 4. The molecule has 0 spiro atoms. The molecule has 0 radical (unpaired) electrons. The van der Waals surface area contributed by atoms with Gasteiger partial charge in [0.2, 0.25) is 0 Å². The molecule has 0 atom stereocenters. The smallest absolute Gasteiger partial charge is 0.165 e. The maximum atomic E-state index is 5.54. The molecule has 0 aliphatic heterocycles. The van der Waals surface area contributed by atoms with Crippen LogP contribution in [0.25, 0.3) is 121 Å². The fourth-order valence-corrected chi connectivity index (χ4v) is 9.76. The van der Waals surface area contributed by atoms with E-state index in [4.69, 9.17) is 9.97 Å². The molecule has 4 nitrogen and oxygen atoms in total. The number of fused-ring (bicyclic) bond motifs is 9. The Morgan fingerprint density at radius 3 is 1.74 bits per heavy atom. The highest BCUT2D eigenvalue weighted by Gasteiger charge is 2.22. The lowest BCUT2D eigenvalue weighted by Gasteiger charge is -2.15. The Hall–Kier alpha value is -8.34. The molecule has 0 amide bonds. The minimum absolute atomic E-state index is 0.801. The summed E-state index contributed by atoms with van der Waals surface area (Å²) in [6.45, 7) is 0. The summed E-state index contributed by atoms with van der Waals surface area (Å²) in [5.41, 5.74) is 14.0. The van der Waals surface area contributed by atoms with E-state index in [9.17, 15) is 0 Å². The Morgan fingerprint density at radius 2 is 0.919 bits per heavy atom. The van der Waals surface area contributed by atoms with Gasteiger partial charge in [-0.25, -0.2) is 9.97 Å². The summed E-state index contributed by atoms with van der Waals surface area (Å²) in [6, 6.07) is 78.6. The lowest BCUT2D eigenvalue weighted by atomic mass is 9.98. The van der Waals surface area contributed by atoms with Gasteiger partial charge in [-0.05, 0) is 111 Å². The van der Waals surface area contributed by atoms with Crippen molar-refractivity contribution in [3.63, 3.8) is 0 Å². The zero-order valence-electron chi connectivity index (χ0n) is 33.6. The first-order valence-corrected chi connectivity index (χ1v) is 21.2. The Morgan fingerprint density at radius 1 is 0.306 bits per heavy atom. The second-order valence-electron chi connectivity index (χ2n) is 16.2. The van der Waals surface area contributed by atoms with Crippen LogP contribution in [0.5, 0.6) is 0 Å². The van der Waals surface area contributed by atoms with Crippen molar-refractivity contribution >= 4 is 76.2 Å². The maximum Gasteiger partial charge on any atom is 0.165 e. The van der Waals surface area contributed by atoms with Crippen molar-refractivity contribution in [1.29, 1.82) is 0 Å². The standard InChI is InChI=1S/C58H36N4/c1-3-14-37(15-4-1)40-26-27-42-33-44(29-28-41(42)32-40)57-58(60-51-23-11-10-22-50(51)59-57)62-54-36-43(30-31-47(54)49-34-38-16-7-8-17-39(38)35-55(49)62)46-21-13-25-53-56(46)48-20-9-12-24-52(48)61(53)45-18-5-2-6-19-45/h1-36H. The molecule has 13 aromatic rings. The molecule has 0 saturated heterocycles. The highest BCUT2D eigenvalue weighted by Crippen LogP contribution is 2.43. The van der Waals surface area contributed by atoms with Gasteiger partial charge in [-0.15, -0.1) is 0 Å². The first-order chi connectivity index (χ1) is 30.7. The highest BCUT2D eigenvalue weighted by atomic mass is 15.1. The van der Waals surface area contributed by atoms with E-state index in [1.807, 2.05) is 12.1 Å². The molecule has 0 aliphatic carbocycles. The summed E-state index contributed by atoms with van der Waals surface area (Å²) in [5.74, 6) is 0.801. The zero-order chi connectivity index (χ0) is 40.7. The Labute approximate surface area is 357 Å². The van der Waals surface area contributed by atoms with Crippen molar-refractivity contribution in [2.75, 3.05) is 0 Å². The summed E-state index contributed by atoms with van der Waals surface area (Å²) >= 11 is 0. The molecule has 10 aromatic carbocycles. The van der Waals surface area contributed by atoms with Gasteiger partial charge in [-0.1, -0.05) is 152 Å². The topological polar surface area (TPSA) is 35.6 Å². The quantitative estimate of drug-likeness (QED) is 0.174. The van der Waals surface area contributed by atoms with Crippen LogP contribution in [-0.2, 0) is 0 Å². The predicted molar refractivity (Wildman–Crippen MR) is 260 cm³/mol. The van der Waals surface area contributed by atoms with Gasteiger partial charge >= 0.3 is 0 Å². The summed E-state index contributed by atoms with van der Waals surface area (Å²) in [5, 5.41) is 9.52. The van der Waals surface area contributed by atoms with Crippen LogP contribution in [0.4, 0.5) is 0 Å². The molecule has 0 N–H and O–H groups in total. The molecule has 0 fully saturated rings.